The molecule has 0 aliphatic rings. The Bertz CT molecular complexity index is 1030. The number of hydrogen-bond acceptors (Lipinski definition) is 8. The van der Waals surface area contributed by atoms with Crippen LogP contribution in [0.15, 0.2) is 24.3 Å². The van der Waals surface area contributed by atoms with E-state index in [4.69, 9.17) is 16.9 Å². The highest BCUT2D eigenvalue weighted by molar-refractivity contribution is 14.1. The molecule has 3 unspecified atom stereocenters. The van der Waals surface area contributed by atoms with Gasteiger partial charge in [-0.25, -0.2) is 4.79 Å². The van der Waals surface area contributed by atoms with Gasteiger partial charge in [-0.1, -0.05) is 12.1 Å². The number of amides is 3. The van der Waals surface area contributed by atoms with Crippen LogP contribution in [0.4, 0.5) is 0 Å². The second-order valence-electron chi connectivity index (χ2n) is 9.11. The van der Waals surface area contributed by atoms with Crippen molar-refractivity contribution in [2.45, 2.75) is 75.9 Å². The van der Waals surface area contributed by atoms with Gasteiger partial charge in [0.25, 0.3) is 0 Å². The van der Waals surface area contributed by atoms with Crippen molar-refractivity contribution in [1.29, 1.82) is 0 Å². The third kappa shape index (κ3) is 14.3. The third-order valence-corrected chi connectivity index (χ3v) is 6.71. The van der Waals surface area contributed by atoms with Gasteiger partial charge in [0.2, 0.25) is 17.7 Å². The van der Waals surface area contributed by atoms with E-state index in [2.05, 4.69) is 61.3 Å². The zero-order chi connectivity index (χ0) is 29.9. The lowest BCUT2D eigenvalue weighted by Crippen LogP contribution is -2.51. The summed E-state index contributed by atoms with van der Waals surface area (Å²) in [5, 5.41) is 7.97. The monoisotopic (exact) mass is 670 g/mol. The number of aryl methyl sites for hydroxylation is 1. The molecule has 0 radical (unpaired) electrons. The molecule has 11 nitrogen and oxygen atoms in total. The fourth-order valence-corrected chi connectivity index (χ4v) is 4.07. The number of benzene rings is 1. The molecule has 1 rings (SSSR count). The second-order valence-corrected chi connectivity index (χ2v) is 10.4. The number of nitrogens with one attached hydrogen (secondary N) is 3. The Morgan fingerprint density at radius 2 is 1.57 bits per heavy atom. The number of unbranched alkanes of at least 4 members (excludes halogenated alkanes) is 1. The van der Waals surface area contributed by atoms with Gasteiger partial charge < -0.3 is 31.2 Å². The minimum atomic E-state index is -1.09. The molecule has 3 atom stereocenters. The van der Waals surface area contributed by atoms with E-state index in [1.165, 1.54) is 23.4 Å². The Kier molecular flexibility index (Phi) is 17.3. The van der Waals surface area contributed by atoms with Crippen LogP contribution in [0.25, 0.3) is 0 Å². The van der Waals surface area contributed by atoms with Crippen LogP contribution >= 0.6 is 22.6 Å². The first-order chi connectivity index (χ1) is 19.1. The molecule has 220 valence electrons. The van der Waals surface area contributed by atoms with E-state index in [1.807, 2.05) is 12.1 Å². The molecular weight excluding hydrogens is 631 g/mol. The first-order valence-corrected chi connectivity index (χ1v) is 14.1. The zero-order valence-electron chi connectivity index (χ0n) is 23.0. The van der Waals surface area contributed by atoms with Gasteiger partial charge in [0, 0.05) is 29.4 Å². The standard InChI is InChI=1S/C28H39IN4O7/c1-4-8-22(32-25(35)17-16-21(30)27(37)39-2)26(36)33-23(28(38)40-3)10-5-6-18-31-24(34)11-7-9-19-12-14-20(29)15-13-19/h1,12-15,21-23H,5-11,16-18,30H2,2-3H3,(H,31,34)(H,32,35)(H,33,36). The van der Waals surface area contributed by atoms with Crippen LogP contribution in [0.1, 0.15) is 56.9 Å². The Morgan fingerprint density at radius 1 is 0.900 bits per heavy atom. The Hall–Kier alpha value is -3.18. The lowest BCUT2D eigenvalue weighted by atomic mass is 10.1. The van der Waals surface area contributed by atoms with Crippen molar-refractivity contribution in [2.24, 2.45) is 5.73 Å². The van der Waals surface area contributed by atoms with Crippen LogP contribution in [0.2, 0.25) is 0 Å². The van der Waals surface area contributed by atoms with Crippen LogP contribution in [-0.4, -0.2) is 68.6 Å². The molecule has 1 aromatic carbocycles. The predicted molar refractivity (Wildman–Crippen MR) is 158 cm³/mol. The van der Waals surface area contributed by atoms with Crippen molar-refractivity contribution in [3.05, 3.63) is 33.4 Å². The van der Waals surface area contributed by atoms with Crippen LogP contribution in [0.3, 0.4) is 0 Å². The van der Waals surface area contributed by atoms with E-state index in [0.29, 0.717) is 25.8 Å². The van der Waals surface area contributed by atoms with Crippen molar-refractivity contribution < 1.29 is 33.4 Å². The van der Waals surface area contributed by atoms with E-state index < -0.39 is 41.9 Å². The van der Waals surface area contributed by atoms with Gasteiger partial charge in [0.15, 0.2) is 0 Å². The van der Waals surface area contributed by atoms with E-state index in [0.717, 1.165) is 12.8 Å². The smallest absolute Gasteiger partial charge is 0.328 e. The molecule has 0 aliphatic carbocycles. The average molecular weight is 671 g/mol. The number of rotatable bonds is 18. The normalized spacial score (nSPS) is 12.7. The topological polar surface area (TPSA) is 166 Å². The van der Waals surface area contributed by atoms with Crippen molar-refractivity contribution in [3.63, 3.8) is 0 Å². The summed E-state index contributed by atoms with van der Waals surface area (Å²) in [4.78, 5) is 60.9. The van der Waals surface area contributed by atoms with E-state index in [-0.39, 0.29) is 31.6 Å². The van der Waals surface area contributed by atoms with Gasteiger partial charge in [-0.15, -0.1) is 12.3 Å². The molecule has 0 saturated carbocycles. The van der Waals surface area contributed by atoms with Gasteiger partial charge in [0.1, 0.15) is 18.1 Å². The minimum Gasteiger partial charge on any atom is -0.468 e. The first kappa shape index (κ1) is 34.8. The highest BCUT2D eigenvalue weighted by Gasteiger charge is 2.27. The zero-order valence-corrected chi connectivity index (χ0v) is 25.2. The highest BCUT2D eigenvalue weighted by atomic mass is 127. The Labute approximate surface area is 249 Å². The number of esters is 2. The summed E-state index contributed by atoms with van der Waals surface area (Å²) in [6.45, 7) is 0.438. The number of halogens is 1. The fourth-order valence-electron chi connectivity index (χ4n) is 3.71. The number of hydrogen-bond donors (Lipinski definition) is 4. The number of carbonyl (C=O) groups is 5. The van der Waals surface area contributed by atoms with Crippen molar-refractivity contribution in [1.82, 2.24) is 16.0 Å². The lowest BCUT2D eigenvalue weighted by molar-refractivity contribution is -0.145. The van der Waals surface area contributed by atoms with Gasteiger partial charge in [0.05, 0.1) is 14.2 Å². The first-order valence-electron chi connectivity index (χ1n) is 13.1. The number of terminal acetylenes is 1. The minimum absolute atomic E-state index is 0.0245. The van der Waals surface area contributed by atoms with Crippen LogP contribution in [-0.2, 0) is 39.9 Å². The maximum absolute atomic E-state index is 12.8. The molecule has 12 heteroatoms. The second kappa shape index (κ2) is 19.8. The lowest BCUT2D eigenvalue weighted by Gasteiger charge is -2.21. The summed E-state index contributed by atoms with van der Waals surface area (Å²) in [5.41, 5.74) is 6.82. The maximum atomic E-state index is 12.8. The molecule has 0 spiro atoms. The number of nitrogens with two attached hydrogens (primary N) is 1. The summed E-state index contributed by atoms with van der Waals surface area (Å²) in [6.07, 6.45) is 8.53. The Morgan fingerprint density at radius 3 is 2.20 bits per heavy atom. The van der Waals surface area contributed by atoms with Crippen molar-refractivity contribution in [3.8, 4) is 12.3 Å². The molecule has 0 bridgehead atoms. The maximum Gasteiger partial charge on any atom is 0.328 e. The van der Waals surface area contributed by atoms with Gasteiger partial charge >= 0.3 is 11.9 Å². The van der Waals surface area contributed by atoms with Crippen LogP contribution in [0, 0.1) is 15.9 Å². The molecule has 0 fully saturated rings. The van der Waals surface area contributed by atoms with Gasteiger partial charge in [-0.05, 0) is 78.8 Å². The van der Waals surface area contributed by atoms with Gasteiger partial charge in [-0.3, -0.25) is 19.2 Å². The summed E-state index contributed by atoms with van der Waals surface area (Å²) < 4.78 is 10.5. The molecule has 0 heterocycles. The number of ether oxygens (including phenoxy) is 2. The third-order valence-electron chi connectivity index (χ3n) is 5.99. The van der Waals surface area contributed by atoms with E-state index in [1.54, 1.807) is 0 Å². The van der Waals surface area contributed by atoms with Gasteiger partial charge in [-0.2, -0.15) is 0 Å². The van der Waals surface area contributed by atoms with Crippen LogP contribution in [0.5, 0.6) is 0 Å². The molecule has 40 heavy (non-hydrogen) atoms. The molecule has 3 amide bonds. The summed E-state index contributed by atoms with van der Waals surface area (Å²) in [7, 11) is 2.40. The number of carbonyl (C=O) groups excluding carboxylic acids is 5. The fraction of sp³-hybridized carbons (Fsp3) is 0.536. The Balaban J connectivity index is 2.45. The SMILES string of the molecule is C#CCC(NC(=O)CCC(N)C(=O)OC)C(=O)NC(CCCCNC(=O)CCCc1ccc(I)cc1)C(=O)OC. The summed E-state index contributed by atoms with van der Waals surface area (Å²) in [6, 6.07) is 5.19. The van der Waals surface area contributed by atoms with E-state index >= 15 is 0 Å². The quantitative estimate of drug-likeness (QED) is 0.0787. The van der Waals surface area contributed by atoms with Crippen molar-refractivity contribution in [2.75, 3.05) is 20.8 Å². The van der Waals surface area contributed by atoms with Crippen molar-refractivity contribution >= 4 is 52.3 Å². The molecule has 0 aromatic heterocycles. The largest absolute Gasteiger partial charge is 0.468 e. The highest BCUT2D eigenvalue weighted by Crippen LogP contribution is 2.10. The molecule has 5 N–H and O–H groups in total. The molecule has 0 aliphatic heterocycles. The molecule has 1 aromatic rings. The number of methoxy groups -OCH3 is 2. The summed E-state index contributed by atoms with van der Waals surface area (Å²) in [5.74, 6) is -0.163. The van der Waals surface area contributed by atoms with Crippen LogP contribution < -0.4 is 21.7 Å². The predicted octanol–water partition coefficient (Wildman–Crippen LogP) is 1.35. The van der Waals surface area contributed by atoms with E-state index in [9.17, 15) is 24.0 Å². The average Bonchev–Trinajstić information content (AvgIpc) is 2.94. The molecular formula is C28H39IN4O7. The molecule has 0 saturated heterocycles. The summed E-state index contributed by atoms with van der Waals surface area (Å²) >= 11 is 2.25.